The SMILES string of the molecule is N#Cc1ccsc1NC(=O)C1(CN)CCCCCC1. The number of nitrogens with one attached hydrogen (secondary N) is 1. The van der Waals surface area contributed by atoms with E-state index in [4.69, 9.17) is 11.0 Å². The molecule has 1 heterocycles. The Labute approximate surface area is 117 Å². The van der Waals surface area contributed by atoms with Gasteiger partial charge in [0.1, 0.15) is 11.1 Å². The average molecular weight is 277 g/mol. The second kappa shape index (κ2) is 6.18. The lowest BCUT2D eigenvalue weighted by molar-refractivity contribution is -0.125. The summed E-state index contributed by atoms with van der Waals surface area (Å²) in [6.07, 6.45) is 6.17. The molecule has 5 heteroatoms. The Morgan fingerprint density at radius 2 is 2.11 bits per heavy atom. The molecule has 0 unspecified atom stereocenters. The van der Waals surface area contributed by atoms with Gasteiger partial charge in [0.05, 0.1) is 11.0 Å². The second-order valence-corrected chi connectivity index (χ2v) is 6.04. The first-order valence-electron chi connectivity index (χ1n) is 6.71. The molecule has 1 aliphatic rings. The lowest BCUT2D eigenvalue weighted by atomic mass is 9.79. The van der Waals surface area contributed by atoms with Gasteiger partial charge in [-0.1, -0.05) is 25.7 Å². The summed E-state index contributed by atoms with van der Waals surface area (Å²) < 4.78 is 0. The molecule has 3 N–H and O–H groups in total. The number of amides is 1. The van der Waals surface area contributed by atoms with Crippen LogP contribution in [0, 0.1) is 16.7 Å². The number of nitriles is 1. The predicted molar refractivity (Wildman–Crippen MR) is 76.9 cm³/mol. The van der Waals surface area contributed by atoms with E-state index in [2.05, 4.69) is 11.4 Å². The minimum absolute atomic E-state index is 0.0177. The molecule has 0 saturated heterocycles. The number of rotatable bonds is 3. The van der Waals surface area contributed by atoms with Crippen molar-refractivity contribution in [3.8, 4) is 6.07 Å². The van der Waals surface area contributed by atoms with Crippen molar-refractivity contribution in [1.29, 1.82) is 5.26 Å². The highest BCUT2D eigenvalue weighted by molar-refractivity contribution is 7.14. The molecular formula is C14H19N3OS. The number of thiophene rings is 1. The molecule has 19 heavy (non-hydrogen) atoms. The van der Waals surface area contributed by atoms with Gasteiger partial charge in [-0.05, 0) is 24.3 Å². The Morgan fingerprint density at radius 3 is 2.68 bits per heavy atom. The summed E-state index contributed by atoms with van der Waals surface area (Å²) in [4.78, 5) is 12.5. The average Bonchev–Trinajstić information content (AvgIpc) is 2.73. The van der Waals surface area contributed by atoms with Gasteiger partial charge in [-0.2, -0.15) is 5.26 Å². The van der Waals surface area contributed by atoms with Crippen molar-refractivity contribution in [1.82, 2.24) is 0 Å². The lowest BCUT2D eigenvalue weighted by Gasteiger charge is -2.29. The van der Waals surface area contributed by atoms with E-state index in [9.17, 15) is 4.79 Å². The van der Waals surface area contributed by atoms with Crippen LogP contribution >= 0.6 is 11.3 Å². The molecule has 0 spiro atoms. The zero-order valence-corrected chi connectivity index (χ0v) is 11.8. The second-order valence-electron chi connectivity index (χ2n) is 5.13. The predicted octanol–water partition coefficient (Wildman–Crippen LogP) is 2.86. The van der Waals surface area contributed by atoms with Gasteiger partial charge in [0.15, 0.2) is 0 Å². The fourth-order valence-corrected chi connectivity index (χ4v) is 3.39. The summed E-state index contributed by atoms with van der Waals surface area (Å²) in [6.45, 7) is 0.381. The molecule has 1 fully saturated rings. The van der Waals surface area contributed by atoms with Gasteiger partial charge in [-0.25, -0.2) is 0 Å². The van der Waals surface area contributed by atoms with Crippen LogP contribution in [0.2, 0.25) is 0 Å². The molecule has 4 nitrogen and oxygen atoms in total. The third-order valence-electron chi connectivity index (χ3n) is 3.95. The maximum atomic E-state index is 12.5. The van der Waals surface area contributed by atoms with Crippen molar-refractivity contribution in [2.75, 3.05) is 11.9 Å². The van der Waals surface area contributed by atoms with Gasteiger partial charge in [0, 0.05) is 6.54 Å². The molecule has 0 radical (unpaired) electrons. The quantitative estimate of drug-likeness (QED) is 0.834. The molecular weight excluding hydrogens is 258 g/mol. The summed E-state index contributed by atoms with van der Waals surface area (Å²) in [5.74, 6) is -0.0177. The maximum absolute atomic E-state index is 12.5. The van der Waals surface area contributed by atoms with Crippen LogP contribution in [0.5, 0.6) is 0 Å². The Hall–Kier alpha value is -1.38. The van der Waals surface area contributed by atoms with Crippen molar-refractivity contribution < 1.29 is 4.79 Å². The summed E-state index contributed by atoms with van der Waals surface area (Å²) in [5, 5.41) is 14.3. The van der Waals surface area contributed by atoms with Gasteiger partial charge in [-0.3, -0.25) is 4.79 Å². The zero-order chi connectivity index (χ0) is 13.7. The van der Waals surface area contributed by atoms with Crippen LogP contribution in [-0.4, -0.2) is 12.5 Å². The van der Waals surface area contributed by atoms with E-state index in [1.807, 2.05) is 5.38 Å². The fourth-order valence-electron chi connectivity index (χ4n) is 2.66. The molecule has 102 valence electrons. The van der Waals surface area contributed by atoms with E-state index in [1.165, 1.54) is 24.2 Å². The number of anilines is 1. The monoisotopic (exact) mass is 277 g/mol. The van der Waals surface area contributed by atoms with Crippen molar-refractivity contribution in [2.45, 2.75) is 38.5 Å². The molecule has 1 amide bonds. The highest BCUT2D eigenvalue weighted by Crippen LogP contribution is 2.36. The molecule has 1 aromatic heterocycles. The van der Waals surface area contributed by atoms with Crippen molar-refractivity contribution in [2.24, 2.45) is 11.1 Å². The van der Waals surface area contributed by atoms with Gasteiger partial charge >= 0.3 is 0 Å². The zero-order valence-electron chi connectivity index (χ0n) is 10.9. The number of carbonyl (C=O) groups is 1. The number of nitrogens with two attached hydrogens (primary N) is 1. The number of carbonyl (C=O) groups excluding carboxylic acids is 1. The largest absolute Gasteiger partial charge is 0.329 e. The first kappa shape index (κ1) is 14.0. The molecule has 0 bridgehead atoms. The topological polar surface area (TPSA) is 78.9 Å². The number of hydrogen-bond donors (Lipinski definition) is 2. The molecule has 0 aliphatic heterocycles. The van der Waals surface area contributed by atoms with E-state index < -0.39 is 5.41 Å². The molecule has 1 aliphatic carbocycles. The molecule has 2 rings (SSSR count). The van der Waals surface area contributed by atoms with Gasteiger partial charge in [0.25, 0.3) is 0 Å². The van der Waals surface area contributed by atoms with E-state index in [0.29, 0.717) is 17.1 Å². The van der Waals surface area contributed by atoms with Crippen molar-refractivity contribution in [3.05, 3.63) is 17.0 Å². The number of nitrogens with zero attached hydrogens (tertiary/aromatic N) is 1. The molecule has 1 aromatic rings. The third kappa shape index (κ3) is 2.96. The maximum Gasteiger partial charge on any atom is 0.232 e. The Bertz CT molecular complexity index is 481. The van der Waals surface area contributed by atoms with Crippen LogP contribution in [-0.2, 0) is 4.79 Å². The van der Waals surface area contributed by atoms with Crippen LogP contribution in [0.1, 0.15) is 44.1 Å². The molecule has 0 aromatic carbocycles. The van der Waals surface area contributed by atoms with Crippen LogP contribution in [0.4, 0.5) is 5.00 Å². The van der Waals surface area contributed by atoms with Crippen LogP contribution < -0.4 is 11.1 Å². The Kier molecular flexibility index (Phi) is 4.56. The van der Waals surface area contributed by atoms with E-state index in [-0.39, 0.29) is 5.91 Å². The summed E-state index contributed by atoms with van der Waals surface area (Å²) in [5.41, 5.74) is 5.96. The van der Waals surface area contributed by atoms with E-state index >= 15 is 0 Å². The van der Waals surface area contributed by atoms with E-state index in [0.717, 1.165) is 25.7 Å². The van der Waals surface area contributed by atoms with Crippen LogP contribution in [0.15, 0.2) is 11.4 Å². The first-order valence-corrected chi connectivity index (χ1v) is 7.59. The third-order valence-corrected chi connectivity index (χ3v) is 4.78. The minimum atomic E-state index is -0.451. The summed E-state index contributed by atoms with van der Waals surface area (Å²) >= 11 is 1.39. The fraction of sp³-hybridized carbons (Fsp3) is 0.571. The standard InChI is InChI=1S/C14H19N3OS/c15-9-11-5-8-19-12(11)17-13(18)14(10-16)6-3-1-2-4-7-14/h5,8H,1-4,6-7,10,16H2,(H,17,18). The van der Waals surface area contributed by atoms with Gasteiger partial charge in [0.2, 0.25) is 5.91 Å². The Balaban J connectivity index is 2.15. The number of hydrogen-bond acceptors (Lipinski definition) is 4. The highest BCUT2D eigenvalue weighted by atomic mass is 32.1. The summed E-state index contributed by atoms with van der Waals surface area (Å²) in [7, 11) is 0. The van der Waals surface area contributed by atoms with Crippen molar-refractivity contribution >= 4 is 22.2 Å². The lowest BCUT2D eigenvalue weighted by Crippen LogP contribution is -2.42. The minimum Gasteiger partial charge on any atom is -0.329 e. The smallest absolute Gasteiger partial charge is 0.232 e. The van der Waals surface area contributed by atoms with Crippen LogP contribution in [0.3, 0.4) is 0 Å². The van der Waals surface area contributed by atoms with Crippen LogP contribution in [0.25, 0.3) is 0 Å². The Morgan fingerprint density at radius 1 is 1.42 bits per heavy atom. The first-order chi connectivity index (χ1) is 9.22. The molecule has 1 saturated carbocycles. The molecule has 0 atom stereocenters. The van der Waals surface area contributed by atoms with Gasteiger partial charge < -0.3 is 11.1 Å². The van der Waals surface area contributed by atoms with E-state index in [1.54, 1.807) is 6.07 Å². The van der Waals surface area contributed by atoms with Gasteiger partial charge in [-0.15, -0.1) is 11.3 Å². The summed E-state index contributed by atoms with van der Waals surface area (Å²) in [6, 6.07) is 3.82. The highest BCUT2D eigenvalue weighted by Gasteiger charge is 2.37. The van der Waals surface area contributed by atoms with Crippen molar-refractivity contribution in [3.63, 3.8) is 0 Å². The normalized spacial score (nSPS) is 18.3.